The molecule has 0 amide bonds. The summed E-state index contributed by atoms with van der Waals surface area (Å²) >= 11 is 3.13. The molecule has 1 saturated carbocycles. The molecule has 1 aliphatic carbocycles. The van der Waals surface area contributed by atoms with Crippen molar-refractivity contribution in [3.05, 3.63) is 34.1 Å². The Morgan fingerprint density at radius 1 is 1.45 bits per heavy atom. The van der Waals surface area contributed by atoms with Gasteiger partial charge in [0.15, 0.2) is 0 Å². The molecule has 0 radical (unpaired) electrons. The van der Waals surface area contributed by atoms with Gasteiger partial charge in [0.05, 0.1) is 4.47 Å². The fourth-order valence-electron chi connectivity index (χ4n) is 3.77. The van der Waals surface area contributed by atoms with Gasteiger partial charge < -0.3 is 5.11 Å². The molecule has 1 aromatic carbocycles. The third kappa shape index (κ3) is 2.49. The van der Waals surface area contributed by atoms with E-state index in [1.807, 2.05) is 11.0 Å². The zero-order valence-corrected chi connectivity index (χ0v) is 12.6. The molecule has 0 bridgehead atoms. The number of nitrogens with zero attached hydrogens (tertiary/aromatic N) is 1. The third-order valence-corrected chi connectivity index (χ3v) is 5.25. The molecule has 1 aromatic rings. The highest BCUT2D eigenvalue weighted by Gasteiger charge is 2.47. The lowest BCUT2D eigenvalue weighted by atomic mass is 9.94. The predicted octanol–water partition coefficient (Wildman–Crippen LogP) is 3.27. The molecule has 1 saturated heterocycles. The van der Waals surface area contributed by atoms with E-state index in [-0.39, 0.29) is 11.7 Å². The van der Waals surface area contributed by atoms with Crippen LogP contribution in [0.3, 0.4) is 0 Å². The Labute approximate surface area is 125 Å². The summed E-state index contributed by atoms with van der Waals surface area (Å²) < 4.78 is 14.0. The number of benzene rings is 1. The molecular weight excluding hydrogens is 325 g/mol. The summed E-state index contributed by atoms with van der Waals surface area (Å²) in [4.78, 5) is 13.5. The topological polar surface area (TPSA) is 40.5 Å². The maximum absolute atomic E-state index is 13.6. The number of rotatable bonds is 3. The Kier molecular flexibility index (Phi) is 3.82. The van der Waals surface area contributed by atoms with Crippen LogP contribution in [0, 0.1) is 17.7 Å². The number of hydrogen-bond donors (Lipinski definition) is 1. The van der Waals surface area contributed by atoms with Gasteiger partial charge in [-0.05, 0) is 58.3 Å². The minimum absolute atomic E-state index is 0.271. The van der Waals surface area contributed by atoms with Gasteiger partial charge in [0, 0.05) is 13.1 Å². The average molecular weight is 342 g/mol. The van der Waals surface area contributed by atoms with Crippen molar-refractivity contribution in [1.29, 1.82) is 0 Å². The van der Waals surface area contributed by atoms with Crippen LogP contribution < -0.4 is 0 Å². The van der Waals surface area contributed by atoms with E-state index in [0.717, 1.165) is 31.4 Å². The molecule has 3 nitrogen and oxygen atoms in total. The number of hydrogen-bond acceptors (Lipinski definition) is 2. The molecule has 0 spiro atoms. The van der Waals surface area contributed by atoms with Crippen molar-refractivity contribution in [2.24, 2.45) is 11.8 Å². The molecule has 3 rings (SSSR count). The van der Waals surface area contributed by atoms with Gasteiger partial charge in [-0.2, -0.15) is 0 Å². The van der Waals surface area contributed by atoms with Crippen LogP contribution >= 0.6 is 15.9 Å². The number of likely N-dealkylation sites (tertiary alicyclic amines) is 1. The van der Waals surface area contributed by atoms with Gasteiger partial charge in [-0.25, -0.2) is 4.39 Å². The molecule has 1 N–H and O–H groups in total. The van der Waals surface area contributed by atoms with Crippen LogP contribution in [0.15, 0.2) is 22.7 Å². The van der Waals surface area contributed by atoms with E-state index in [9.17, 15) is 14.3 Å². The van der Waals surface area contributed by atoms with Crippen molar-refractivity contribution in [3.63, 3.8) is 0 Å². The summed E-state index contributed by atoms with van der Waals surface area (Å²) in [5.74, 6) is -0.269. The first-order valence-corrected chi connectivity index (χ1v) is 7.76. The van der Waals surface area contributed by atoms with Crippen LogP contribution in [0.5, 0.6) is 0 Å². The van der Waals surface area contributed by atoms with Gasteiger partial charge >= 0.3 is 5.97 Å². The first-order valence-electron chi connectivity index (χ1n) is 6.97. The van der Waals surface area contributed by atoms with E-state index in [2.05, 4.69) is 15.9 Å². The molecule has 2 aliphatic rings. The van der Waals surface area contributed by atoms with Gasteiger partial charge in [-0.15, -0.1) is 0 Å². The second-order valence-corrected chi connectivity index (χ2v) is 6.67. The minimum atomic E-state index is -0.739. The Bertz CT molecular complexity index is 537. The first-order chi connectivity index (χ1) is 9.56. The highest BCUT2D eigenvalue weighted by Crippen LogP contribution is 2.42. The van der Waals surface area contributed by atoms with Crippen LogP contribution in [0.25, 0.3) is 0 Å². The van der Waals surface area contributed by atoms with Crippen molar-refractivity contribution in [2.75, 3.05) is 6.54 Å². The van der Waals surface area contributed by atoms with E-state index in [0.29, 0.717) is 16.9 Å². The number of fused-ring (bicyclic) bond motifs is 1. The van der Waals surface area contributed by atoms with E-state index >= 15 is 0 Å². The fourth-order valence-corrected chi connectivity index (χ4v) is 4.01. The Morgan fingerprint density at radius 3 is 2.95 bits per heavy atom. The average Bonchev–Trinajstić information content (AvgIpc) is 2.93. The Morgan fingerprint density at radius 2 is 2.25 bits per heavy atom. The molecular formula is C15H17BrFNO2. The SMILES string of the molecule is O=C(O)C1C2CCCC2CN1Cc1ccc(Br)c(F)c1. The molecule has 0 aromatic heterocycles. The Balaban J connectivity index is 1.79. The largest absolute Gasteiger partial charge is 0.480 e. The molecule has 2 fully saturated rings. The third-order valence-electron chi connectivity index (χ3n) is 4.61. The lowest BCUT2D eigenvalue weighted by Crippen LogP contribution is -2.39. The quantitative estimate of drug-likeness (QED) is 0.917. The van der Waals surface area contributed by atoms with Crippen LogP contribution in [0.2, 0.25) is 0 Å². The summed E-state index contributed by atoms with van der Waals surface area (Å²) in [6.45, 7) is 1.33. The minimum Gasteiger partial charge on any atom is -0.480 e. The summed E-state index contributed by atoms with van der Waals surface area (Å²) in [6.07, 6.45) is 3.27. The molecule has 20 heavy (non-hydrogen) atoms. The standard InChI is InChI=1S/C15H17BrFNO2/c16-12-5-4-9(6-13(12)17)7-18-8-10-2-1-3-11(10)14(18)15(19)20/h4-6,10-11,14H,1-3,7-8H2,(H,19,20). The summed E-state index contributed by atoms with van der Waals surface area (Å²) in [5, 5.41) is 9.48. The maximum Gasteiger partial charge on any atom is 0.321 e. The molecule has 3 unspecified atom stereocenters. The zero-order chi connectivity index (χ0) is 14.3. The van der Waals surface area contributed by atoms with Gasteiger partial charge in [-0.1, -0.05) is 12.5 Å². The number of aliphatic carboxylic acids is 1. The van der Waals surface area contributed by atoms with Gasteiger partial charge in [0.2, 0.25) is 0 Å². The van der Waals surface area contributed by atoms with Crippen molar-refractivity contribution in [2.45, 2.75) is 31.8 Å². The molecule has 3 atom stereocenters. The number of carboxylic acid groups (broad SMARTS) is 1. The van der Waals surface area contributed by atoms with Crippen LogP contribution in [-0.4, -0.2) is 28.6 Å². The molecule has 1 heterocycles. The molecule has 1 aliphatic heterocycles. The fraction of sp³-hybridized carbons (Fsp3) is 0.533. The predicted molar refractivity (Wildman–Crippen MR) is 76.8 cm³/mol. The van der Waals surface area contributed by atoms with Crippen molar-refractivity contribution >= 4 is 21.9 Å². The molecule has 5 heteroatoms. The lowest BCUT2D eigenvalue weighted by Gasteiger charge is -2.24. The van der Waals surface area contributed by atoms with E-state index in [4.69, 9.17) is 0 Å². The second-order valence-electron chi connectivity index (χ2n) is 5.82. The highest BCUT2D eigenvalue weighted by atomic mass is 79.9. The highest BCUT2D eigenvalue weighted by molar-refractivity contribution is 9.10. The summed E-state index contributed by atoms with van der Waals surface area (Å²) in [7, 11) is 0. The number of carboxylic acids is 1. The summed E-state index contributed by atoms with van der Waals surface area (Å²) in [6, 6.07) is 4.60. The van der Waals surface area contributed by atoms with Crippen molar-refractivity contribution < 1.29 is 14.3 Å². The second kappa shape index (κ2) is 5.45. The van der Waals surface area contributed by atoms with Crippen LogP contribution in [0.1, 0.15) is 24.8 Å². The zero-order valence-electron chi connectivity index (χ0n) is 11.1. The summed E-state index contributed by atoms with van der Waals surface area (Å²) in [5.41, 5.74) is 0.830. The van der Waals surface area contributed by atoms with Gasteiger partial charge in [0.1, 0.15) is 11.9 Å². The van der Waals surface area contributed by atoms with Crippen molar-refractivity contribution in [3.8, 4) is 0 Å². The van der Waals surface area contributed by atoms with E-state index in [1.54, 1.807) is 6.07 Å². The van der Waals surface area contributed by atoms with E-state index in [1.165, 1.54) is 6.07 Å². The number of halogens is 2. The van der Waals surface area contributed by atoms with Gasteiger partial charge in [0.25, 0.3) is 0 Å². The number of carbonyl (C=O) groups is 1. The smallest absolute Gasteiger partial charge is 0.321 e. The van der Waals surface area contributed by atoms with Crippen LogP contribution in [0.4, 0.5) is 4.39 Å². The normalized spacial score (nSPS) is 29.6. The Hall–Kier alpha value is -0.940. The van der Waals surface area contributed by atoms with Gasteiger partial charge in [-0.3, -0.25) is 9.69 Å². The molecule has 108 valence electrons. The lowest BCUT2D eigenvalue weighted by molar-refractivity contribution is -0.143. The van der Waals surface area contributed by atoms with E-state index < -0.39 is 12.0 Å². The van der Waals surface area contributed by atoms with Crippen LogP contribution in [-0.2, 0) is 11.3 Å². The monoisotopic (exact) mass is 341 g/mol. The van der Waals surface area contributed by atoms with Crippen molar-refractivity contribution in [1.82, 2.24) is 4.90 Å². The first kappa shape index (κ1) is 14.0. The maximum atomic E-state index is 13.6.